The molecule has 2 aliphatic carbocycles. The number of aliphatic carboxylic acids is 1. The third kappa shape index (κ3) is 3.55. The summed E-state index contributed by atoms with van der Waals surface area (Å²) < 4.78 is 0. The van der Waals surface area contributed by atoms with Crippen LogP contribution in [0.3, 0.4) is 0 Å². The molecule has 2 saturated carbocycles. The van der Waals surface area contributed by atoms with Crippen LogP contribution in [0.5, 0.6) is 0 Å². The molecule has 3 aliphatic rings. The molecule has 5 heteroatoms. The summed E-state index contributed by atoms with van der Waals surface area (Å²) in [5.41, 5.74) is 1.12. The van der Waals surface area contributed by atoms with Gasteiger partial charge < -0.3 is 10.0 Å². The maximum Gasteiger partial charge on any atom is 0.304 e. The van der Waals surface area contributed by atoms with Gasteiger partial charge in [0.2, 0.25) is 5.91 Å². The smallest absolute Gasteiger partial charge is 0.304 e. The molecular weight excluding hydrogens is 338 g/mol. The Morgan fingerprint density at radius 1 is 1.08 bits per heavy atom. The molecule has 1 amide bonds. The van der Waals surface area contributed by atoms with Gasteiger partial charge in [0.05, 0.1) is 12.5 Å². The minimum atomic E-state index is -0.877. The van der Waals surface area contributed by atoms with E-state index in [1.54, 1.807) is 0 Å². The van der Waals surface area contributed by atoms with Crippen LogP contribution in [0.15, 0.2) is 24.3 Å². The van der Waals surface area contributed by atoms with E-state index >= 15 is 0 Å². The highest BCUT2D eigenvalue weighted by Crippen LogP contribution is 2.51. The molecule has 4 nitrogen and oxygen atoms in total. The van der Waals surface area contributed by atoms with Gasteiger partial charge in [0, 0.05) is 17.0 Å². The largest absolute Gasteiger partial charge is 0.481 e. The Balaban J connectivity index is 1.65. The quantitative estimate of drug-likeness (QED) is 0.822. The van der Waals surface area contributed by atoms with Gasteiger partial charge in [0.25, 0.3) is 0 Å². The summed E-state index contributed by atoms with van der Waals surface area (Å²) in [5.74, 6) is 0.0146. The van der Waals surface area contributed by atoms with Crippen molar-refractivity contribution < 1.29 is 14.7 Å². The van der Waals surface area contributed by atoms with Crippen molar-refractivity contribution in [3.05, 3.63) is 34.9 Å². The molecule has 0 bridgehead atoms. The molecule has 0 aromatic heterocycles. The van der Waals surface area contributed by atoms with Crippen LogP contribution in [0.1, 0.15) is 56.6 Å². The summed E-state index contributed by atoms with van der Waals surface area (Å²) in [7, 11) is 0. The van der Waals surface area contributed by atoms with Crippen molar-refractivity contribution >= 4 is 23.5 Å². The van der Waals surface area contributed by atoms with Crippen molar-refractivity contribution in [2.24, 2.45) is 17.8 Å². The Morgan fingerprint density at radius 2 is 1.68 bits per heavy atom. The van der Waals surface area contributed by atoms with Gasteiger partial charge in [-0.05, 0) is 68.1 Å². The van der Waals surface area contributed by atoms with Crippen molar-refractivity contribution in [3.8, 4) is 0 Å². The fourth-order valence-electron chi connectivity index (χ4n) is 4.47. The van der Waals surface area contributed by atoms with Crippen molar-refractivity contribution in [2.75, 3.05) is 0 Å². The average Bonchev–Trinajstić information content (AvgIpc) is 3.45. The molecule has 3 fully saturated rings. The van der Waals surface area contributed by atoms with E-state index in [1.165, 1.54) is 25.7 Å². The Kier molecular flexibility index (Phi) is 4.48. The highest BCUT2D eigenvalue weighted by molar-refractivity contribution is 6.30. The molecule has 0 spiro atoms. The van der Waals surface area contributed by atoms with Gasteiger partial charge in [0.15, 0.2) is 0 Å². The molecule has 1 saturated heterocycles. The monoisotopic (exact) mass is 361 g/mol. The number of nitrogens with zero attached hydrogens (tertiary/aromatic N) is 1. The van der Waals surface area contributed by atoms with Crippen molar-refractivity contribution in [2.45, 2.75) is 57.0 Å². The number of benzene rings is 1. The van der Waals surface area contributed by atoms with Crippen LogP contribution in [0.2, 0.25) is 5.02 Å². The predicted octanol–water partition coefficient (Wildman–Crippen LogP) is 4.28. The van der Waals surface area contributed by atoms with Crippen LogP contribution >= 0.6 is 11.6 Å². The molecule has 2 atom stereocenters. The molecule has 1 heterocycles. The number of hydrogen-bond donors (Lipinski definition) is 1. The fraction of sp³-hybridized carbons (Fsp3) is 0.600. The second-order valence-electron chi connectivity index (χ2n) is 7.85. The van der Waals surface area contributed by atoms with Crippen LogP contribution in [-0.2, 0) is 9.59 Å². The molecule has 1 N–H and O–H groups in total. The van der Waals surface area contributed by atoms with Crippen LogP contribution in [0, 0.1) is 17.8 Å². The van der Waals surface area contributed by atoms with Crippen LogP contribution in [0.25, 0.3) is 0 Å². The number of likely N-dealkylation sites (tertiary alicyclic amines) is 1. The summed E-state index contributed by atoms with van der Waals surface area (Å²) in [5, 5.41) is 9.88. The number of rotatable bonds is 6. The summed E-state index contributed by atoms with van der Waals surface area (Å²) in [6, 6.07) is 8.15. The van der Waals surface area contributed by atoms with E-state index in [-0.39, 0.29) is 24.3 Å². The van der Waals surface area contributed by atoms with Crippen LogP contribution < -0.4 is 0 Å². The fourth-order valence-corrected chi connectivity index (χ4v) is 4.59. The van der Waals surface area contributed by atoms with Crippen LogP contribution in [-0.4, -0.2) is 27.9 Å². The molecule has 25 heavy (non-hydrogen) atoms. The van der Waals surface area contributed by atoms with E-state index in [1.807, 2.05) is 24.3 Å². The Bertz CT molecular complexity index is 654. The number of piperidine rings is 1. The van der Waals surface area contributed by atoms with Gasteiger partial charge in [0.1, 0.15) is 0 Å². The third-order valence-electron chi connectivity index (χ3n) is 5.94. The van der Waals surface area contributed by atoms with Crippen molar-refractivity contribution in [1.29, 1.82) is 0 Å². The predicted molar refractivity (Wildman–Crippen MR) is 95.3 cm³/mol. The molecule has 134 valence electrons. The Morgan fingerprint density at radius 3 is 2.20 bits per heavy atom. The molecule has 2 unspecified atom stereocenters. The lowest BCUT2D eigenvalue weighted by Crippen LogP contribution is -2.51. The Hall–Kier alpha value is -1.55. The first kappa shape index (κ1) is 16.9. The number of amides is 1. The number of carbonyl (C=O) groups is 2. The summed E-state index contributed by atoms with van der Waals surface area (Å²) in [6.07, 6.45) is 6.22. The lowest BCUT2D eigenvalue weighted by molar-refractivity contribution is -0.152. The first-order valence-electron chi connectivity index (χ1n) is 9.34. The zero-order valence-electron chi connectivity index (χ0n) is 14.2. The van der Waals surface area contributed by atoms with Gasteiger partial charge in [-0.25, -0.2) is 0 Å². The summed E-state index contributed by atoms with van der Waals surface area (Å²) in [6.45, 7) is 0. The standard InChI is InChI=1S/C20H24ClNO3/c21-16-8-5-12(6-9-16)17-10-7-15(11-18(23)24)20(25)22(17)19(13-1-2-13)14-3-4-14/h5-6,8-9,13-15,17,19H,1-4,7,10-11H2,(H,23,24). The lowest BCUT2D eigenvalue weighted by Gasteiger charge is -2.44. The first-order chi connectivity index (χ1) is 12.0. The van der Waals surface area contributed by atoms with Gasteiger partial charge in [-0.2, -0.15) is 0 Å². The van der Waals surface area contributed by atoms with Gasteiger partial charge in [-0.1, -0.05) is 23.7 Å². The van der Waals surface area contributed by atoms with Crippen LogP contribution in [0.4, 0.5) is 0 Å². The highest BCUT2D eigenvalue weighted by atomic mass is 35.5. The highest BCUT2D eigenvalue weighted by Gasteiger charge is 2.50. The minimum absolute atomic E-state index is 0.0509. The molecule has 1 aromatic carbocycles. The molecular formula is C20H24ClNO3. The number of carbonyl (C=O) groups excluding carboxylic acids is 1. The third-order valence-corrected chi connectivity index (χ3v) is 6.19. The van der Waals surface area contributed by atoms with E-state index in [2.05, 4.69) is 4.90 Å². The van der Waals surface area contributed by atoms with Gasteiger partial charge in [-0.15, -0.1) is 0 Å². The van der Waals surface area contributed by atoms with E-state index in [4.69, 9.17) is 11.6 Å². The SMILES string of the molecule is O=C(O)CC1CCC(c2ccc(Cl)cc2)N(C(C2CC2)C2CC2)C1=O. The van der Waals surface area contributed by atoms with Crippen molar-refractivity contribution in [1.82, 2.24) is 4.90 Å². The van der Waals surface area contributed by atoms with E-state index in [0.29, 0.717) is 29.3 Å². The summed E-state index contributed by atoms with van der Waals surface area (Å²) in [4.78, 5) is 26.5. The number of hydrogen-bond acceptors (Lipinski definition) is 2. The number of halogens is 1. The van der Waals surface area contributed by atoms with E-state index in [9.17, 15) is 14.7 Å². The maximum atomic E-state index is 13.3. The second-order valence-corrected chi connectivity index (χ2v) is 8.29. The lowest BCUT2D eigenvalue weighted by atomic mass is 9.84. The molecule has 1 aliphatic heterocycles. The second kappa shape index (κ2) is 6.64. The molecule has 4 rings (SSSR count). The van der Waals surface area contributed by atoms with E-state index in [0.717, 1.165) is 12.0 Å². The van der Waals surface area contributed by atoms with Gasteiger partial charge >= 0.3 is 5.97 Å². The average molecular weight is 362 g/mol. The molecule has 1 aromatic rings. The number of carboxylic acid groups (broad SMARTS) is 1. The summed E-state index contributed by atoms with van der Waals surface area (Å²) >= 11 is 6.03. The molecule has 0 radical (unpaired) electrons. The topological polar surface area (TPSA) is 57.6 Å². The minimum Gasteiger partial charge on any atom is -0.481 e. The normalized spacial score (nSPS) is 27.0. The van der Waals surface area contributed by atoms with E-state index < -0.39 is 5.97 Å². The van der Waals surface area contributed by atoms with Crippen molar-refractivity contribution in [3.63, 3.8) is 0 Å². The zero-order valence-corrected chi connectivity index (χ0v) is 15.0. The maximum absolute atomic E-state index is 13.3. The zero-order chi connectivity index (χ0) is 17.6. The Labute approximate surface area is 153 Å². The number of carboxylic acids is 1. The first-order valence-corrected chi connectivity index (χ1v) is 9.72. The van der Waals surface area contributed by atoms with Gasteiger partial charge in [-0.3, -0.25) is 9.59 Å².